The number of aryl methyl sites for hydroxylation is 1. The molecule has 0 fully saturated rings. The molecule has 0 saturated carbocycles. The maximum absolute atomic E-state index is 12.4. The van der Waals surface area contributed by atoms with Crippen LogP contribution in [0.3, 0.4) is 0 Å². The van der Waals surface area contributed by atoms with Crippen LogP contribution in [0.5, 0.6) is 5.75 Å². The number of ether oxygens (including phenoxy) is 1. The number of likely N-dealkylation sites (N-methyl/N-ethyl adjacent to an activating group) is 1. The molecule has 1 aromatic rings. The monoisotopic (exact) mass is 308 g/mol. The van der Waals surface area contributed by atoms with E-state index in [-0.39, 0.29) is 29.9 Å². The van der Waals surface area contributed by atoms with E-state index in [1.807, 2.05) is 0 Å². The van der Waals surface area contributed by atoms with E-state index in [0.29, 0.717) is 11.3 Å². The average Bonchev–Trinajstić information content (AvgIpc) is 2.36. The van der Waals surface area contributed by atoms with E-state index in [0.717, 1.165) is 0 Å². The number of hydrogen-bond donors (Lipinski definition) is 1. The third-order valence-electron chi connectivity index (χ3n) is 3.00. The normalized spacial score (nSPS) is 12.9. The van der Waals surface area contributed by atoms with Crippen LogP contribution in [0, 0.1) is 6.92 Å². The van der Waals surface area contributed by atoms with Crippen molar-refractivity contribution in [1.82, 2.24) is 4.31 Å². The highest BCUT2D eigenvalue weighted by Gasteiger charge is 2.26. The highest BCUT2D eigenvalue weighted by molar-refractivity contribution is 7.89. The second kappa shape index (κ2) is 7.09. The van der Waals surface area contributed by atoms with Crippen LogP contribution in [-0.2, 0) is 10.0 Å². The van der Waals surface area contributed by atoms with Crippen LogP contribution in [0.25, 0.3) is 0 Å². The lowest BCUT2D eigenvalue weighted by molar-refractivity contribution is 0.393. The molecule has 1 aromatic carbocycles. The molecule has 0 aliphatic rings. The maximum atomic E-state index is 12.4. The quantitative estimate of drug-likeness (QED) is 0.892. The molecule has 0 saturated heterocycles. The Morgan fingerprint density at radius 1 is 1.42 bits per heavy atom. The fourth-order valence-corrected chi connectivity index (χ4v) is 3.15. The van der Waals surface area contributed by atoms with Crippen LogP contribution in [0.4, 0.5) is 0 Å². The van der Waals surface area contributed by atoms with Gasteiger partial charge in [-0.1, -0.05) is 0 Å². The number of nitrogens with zero attached hydrogens (tertiary/aromatic N) is 1. The summed E-state index contributed by atoms with van der Waals surface area (Å²) in [4.78, 5) is 0.283. The first-order valence-corrected chi connectivity index (χ1v) is 7.11. The smallest absolute Gasteiger partial charge is 0.243 e. The first-order chi connectivity index (χ1) is 8.34. The number of halogens is 1. The first kappa shape index (κ1) is 18.2. The molecule has 0 spiro atoms. The van der Waals surface area contributed by atoms with E-state index < -0.39 is 10.0 Å². The van der Waals surface area contributed by atoms with Gasteiger partial charge in [0.25, 0.3) is 0 Å². The standard InChI is InChI=1S/C12H20N2O3S.ClH/c1-9-7-11(17-4)5-6-12(9)18(15,16)14(3)10(2)8-13;/h5-7,10H,8,13H2,1-4H3;1H. The van der Waals surface area contributed by atoms with E-state index >= 15 is 0 Å². The maximum Gasteiger partial charge on any atom is 0.243 e. The molecule has 0 aliphatic heterocycles. The lowest BCUT2D eigenvalue weighted by atomic mass is 10.2. The molecular weight excluding hydrogens is 288 g/mol. The summed E-state index contributed by atoms with van der Waals surface area (Å²) in [7, 11) is -0.423. The molecule has 110 valence electrons. The molecule has 2 N–H and O–H groups in total. The van der Waals surface area contributed by atoms with Crippen LogP contribution < -0.4 is 10.5 Å². The lowest BCUT2D eigenvalue weighted by Crippen LogP contribution is -2.39. The van der Waals surface area contributed by atoms with Crippen molar-refractivity contribution in [3.63, 3.8) is 0 Å². The van der Waals surface area contributed by atoms with E-state index in [9.17, 15) is 8.42 Å². The minimum Gasteiger partial charge on any atom is -0.497 e. The van der Waals surface area contributed by atoms with Gasteiger partial charge in [0.05, 0.1) is 12.0 Å². The zero-order valence-electron chi connectivity index (χ0n) is 11.6. The van der Waals surface area contributed by atoms with Gasteiger partial charge in [-0.05, 0) is 37.6 Å². The number of nitrogens with two attached hydrogens (primary N) is 1. The van der Waals surface area contributed by atoms with Crippen molar-refractivity contribution in [3.05, 3.63) is 23.8 Å². The predicted molar refractivity (Wildman–Crippen MR) is 78.4 cm³/mol. The molecule has 5 nitrogen and oxygen atoms in total. The molecule has 1 rings (SSSR count). The summed E-state index contributed by atoms with van der Waals surface area (Å²) in [5.41, 5.74) is 6.16. The molecular formula is C12H21ClN2O3S. The SMILES string of the molecule is COc1ccc(S(=O)(=O)N(C)C(C)CN)c(C)c1.Cl. The molecule has 1 unspecified atom stereocenters. The van der Waals surface area contributed by atoms with Gasteiger partial charge in [-0.2, -0.15) is 4.31 Å². The fraction of sp³-hybridized carbons (Fsp3) is 0.500. The van der Waals surface area contributed by atoms with Gasteiger partial charge < -0.3 is 10.5 Å². The summed E-state index contributed by atoms with van der Waals surface area (Å²) in [6.07, 6.45) is 0. The number of sulfonamides is 1. The summed E-state index contributed by atoms with van der Waals surface area (Å²) in [6.45, 7) is 3.80. The van der Waals surface area contributed by atoms with Crippen LogP contribution in [0.1, 0.15) is 12.5 Å². The van der Waals surface area contributed by atoms with Crippen LogP contribution in [0.2, 0.25) is 0 Å². The van der Waals surface area contributed by atoms with Gasteiger partial charge in [0, 0.05) is 19.6 Å². The molecule has 1 atom stereocenters. The predicted octanol–water partition coefficient (Wildman–Crippen LogP) is 1.39. The Labute approximate surface area is 121 Å². The van der Waals surface area contributed by atoms with Crippen molar-refractivity contribution >= 4 is 22.4 Å². The molecule has 0 bridgehead atoms. The Morgan fingerprint density at radius 2 is 2.00 bits per heavy atom. The Bertz CT molecular complexity index is 520. The Morgan fingerprint density at radius 3 is 2.42 bits per heavy atom. The molecule has 0 amide bonds. The van der Waals surface area contributed by atoms with Crippen molar-refractivity contribution in [1.29, 1.82) is 0 Å². The molecule has 0 radical (unpaired) electrons. The van der Waals surface area contributed by atoms with Crippen LogP contribution >= 0.6 is 12.4 Å². The van der Waals surface area contributed by atoms with Gasteiger partial charge >= 0.3 is 0 Å². The third kappa shape index (κ3) is 3.82. The Kier molecular flexibility index (Phi) is 6.79. The van der Waals surface area contributed by atoms with Gasteiger partial charge in [-0.15, -0.1) is 12.4 Å². The molecule has 0 aliphatic carbocycles. The number of methoxy groups -OCH3 is 1. The van der Waals surface area contributed by atoms with Gasteiger partial charge in [0.2, 0.25) is 10.0 Å². The van der Waals surface area contributed by atoms with Crippen molar-refractivity contribution in [2.75, 3.05) is 20.7 Å². The molecule has 7 heteroatoms. The topological polar surface area (TPSA) is 72.6 Å². The van der Waals surface area contributed by atoms with Gasteiger partial charge in [0.15, 0.2) is 0 Å². The lowest BCUT2D eigenvalue weighted by Gasteiger charge is -2.24. The van der Waals surface area contributed by atoms with Crippen LogP contribution in [0.15, 0.2) is 23.1 Å². The van der Waals surface area contributed by atoms with Gasteiger partial charge in [-0.3, -0.25) is 0 Å². The highest BCUT2D eigenvalue weighted by atomic mass is 35.5. The second-order valence-electron chi connectivity index (χ2n) is 4.24. The summed E-state index contributed by atoms with van der Waals surface area (Å²) in [5, 5.41) is 0. The van der Waals surface area contributed by atoms with Gasteiger partial charge in [-0.25, -0.2) is 8.42 Å². The van der Waals surface area contributed by atoms with E-state index in [2.05, 4.69) is 0 Å². The highest BCUT2D eigenvalue weighted by Crippen LogP contribution is 2.24. The molecule has 19 heavy (non-hydrogen) atoms. The zero-order valence-corrected chi connectivity index (χ0v) is 13.2. The Hall–Kier alpha value is -0.820. The number of rotatable bonds is 5. The van der Waals surface area contributed by atoms with Crippen molar-refractivity contribution in [2.45, 2.75) is 24.8 Å². The van der Waals surface area contributed by atoms with E-state index in [4.69, 9.17) is 10.5 Å². The van der Waals surface area contributed by atoms with E-state index in [1.54, 1.807) is 39.2 Å². The van der Waals surface area contributed by atoms with E-state index in [1.165, 1.54) is 11.4 Å². The zero-order chi connectivity index (χ0) is 13.9. The first-order valence-electron chi connectivity index (χ1n) is 5.67. The summed E-state index contributed by atoms with van der Waals surface area (Å²) < 4.78 is 31.1. The summed E-state index contributed by atoms with van der Waals surface area (Å²) in [5.74, 6) is 0.640. The summed E-state index contributed by atoms with van der Waals surface area (Å²) >= 11 is 0. The van der Waals surface area contributed by atoms with Crippen molar-refractivity contribution < 1.29 is 13.2 Å². The number of hydrogen-bond acceptors (Lipinski definition) is 4. The second-order valence-corrected chi connectivity index (χ2v) is 6.20. The number of benzene rings is 1. The minimum absolute atomic E-state index is 0. The largest absolute Gasteiger partial charge is 0.497 e. The third-order valence-corrected chi connectivity index (χ3v) is 5.13. The molecule has 0 heterocycles. The van der Waals surface area contributed by atoms with Crippen LogP contribution in [-0.4, -0.2) is 39.5 Å². The van der Waals surface area contributed by atoms with Gasteiger partial charge in [0.1, 0.15) is 5.75 Å². The fourth-order valence-electron chi connectivity index (χ4n) is 1.58. The molecule has 0 aromatic heterocycles. The minimum atomic E-state index is -3.51. The summed E-state index contributed by atoms with van der Waals surface area (Å²) in [6, 6.07) is 4.66. The average molecular weight is 309 g/mol. The van der Waals surface area contributed by atoms with Crippen molar-refractivity contribution in [3.8, 4) is 5.75 Å². The Balaban J connectivity index is 0.00000324. The van der Waals surface area contributed by atoms with Crippen molar-refractivity contribution in [2.24, 2.45) is 5.73 Å².